The number of rotatable bonds is 3. The van der Waals surface area contributed by atoms with E-state index in [1.54, 1.807) is 18.2 Å². The van der Waals surface area contributed by atoms with Gasteiger partial charge in [-0.2, -0.15) is 18.3 Å². The normalized spacial score (nSPS) is 11.3. The van der Waals surface area contributed by atoms with Gasteiger partial charge in [-0.3, -0.25) is 14.6 Å². The van der Waals surface area contributed by atoms with Crippen LogP contribution in [-0.4, -0.2) is 23.0 Å². The largest absolute Gasteiger partial charge is 0.416 e. The first-order valence-electron chi connectivity index (χ1n) is 6.59. The lowest BCUT2D eigenvalue weighted by molar-refractivity contribution is -0.137. The van der Waals surface area contributed by atoms with E-state index in [1.165, 1.54) is 18.5 Å². The Morgan fingerprint density at radius 2 is 1.88 bits per heavy atom. The molecule has 2 rings (SSSR count). The number of alkyl halides is 3. The summed E-state index contributed by atoms with van der Waals surface area (Å²) in [5, 5.41) is 5.60. The molecule has 0 aliphatic carbocycles. The second-order valence-electron chi connectivity index (χ2n) is 4.49. The van der Waals surface area contributed by atoms with Crippen LogP contribution in [-0.2, 0) is 15.8 Å². The number of halogens is 3. The summed E-state index contributed by atoms with van der Waals surface area (Å²) in [4.78, 5) is 27.1. The number of benzene rings is 1. The van der Waals surface area contributed by atoms with Crippen molar-refractivity contribution in [2.75, 3.05) is 5.32 Å². The maximum atomic E-state index is 12.6. The summed E-state index contributed by atoms with van der Waals surface area (Å²) < 4.78 is 37.7. The number of carbonyl (C=O) groups excluding carboxylic acids is 2. The Kier molecular flexibility index (Phi) is 5.25. The summed E-state index contributed by atoms with van der Waals surface area (Å²) in [6.45, 7) is 0. The van der Waals surface area contributed by atoms with Crippen molar-refractivity contribution < 1.29 is 22.8 Å². The van der Waals surface area contributed by atoms with Crippen LogP contribution in [0.1, 0.15) is 11.3 Å². The molecule has 0 aliphatic heterocycles. The van der Waals surface area contributed by atoms with Gasteiger partial charge in [0.1, 0.15) is 0 Å². The zero-order valence-electron chi connectivity index (χ0n) is 12.0. The van der Waals surface area contributed by atoms with Crippen LogP contribution in [0.5, 0.6) is 0 Å². The molecule has 1 aromatic heterocycles. The predicted octanol–water partition coefficient (Wildman–Crippen LogP) is 2.19. The molecule has 1 aromatic carbocycles. The van der Waals surface area contributed by atoms with Gasteiger partial charge in [0.2, 0.25) is 0 Å². The summed E-state index contributed by atoms with van der Waals surface area (Å²) in [6, 6.07) is 8.95. The zero-order valence-corrected chi connectivity index (χ0v) is 12.0. The summed E-state index contributed by atoms with van der Waals surface area (Å²) in [5.41, 5.74) is 1.32. The number of pyridine rings is 1. The number of anilines is 1. The van der Waals surface area contributed by atoms with E-state index in [9.17, 15) is 22.8 Å². The van der Waals surface area contributed by atoms with Gasteiger partial charge in [-0.25, -0.2) is 5.43 Å². The first kappa shape index (κ1) is 17.1. The van der Waals surface area contributed by atoms with E-state index in [1.807, 2.05) is 5.43 Å². The molecular weight excluding hydrogens is 325 g/mol. The highest BCUT2D eigenvalue weighted by Crippen LogP contribution is 2.30. The molecule has 124 valence electrons. The number of nitrogens with one attached hydrogen (secondary N) is 2. The third kappa shape index (κ3) is 4.90. The Morgan fingerprint density at radius 1 is 1.08 bits per heavy atom. The summed E-state index contributed by atoms with van der Waals surface area (Å²) in [7, 11) is 0. The molecule has 0 saturated carbocycles. The smallest absolute Gasteiger partial charge is 0.318 e. The molecular formula is C15H11F3N4O2. The average Bonchev–Trinajstić information content (AvgIpc) is 2.55. The van der Waals surface area contributed by atoms with Crippen molar-refractivity contribution in [1.29, 1.82) is 0 Å². The van der Waals surface area contributed by atoms with Gasteiger partial charge >= 0.3 is 18.0 Å². The molecule has 0 saturated heterocycles. The fraction of sp³-hybridized carbons (Fsp3) is 0.0667. The third-order valence-corrected chi connectivity index (χ3v) is 2.70. The zero-order chi connectivity index (χ0) is 17.6. The predicted molar refractivity (Wildman–Crippen MR) is 80.0 cm³/mol. The molecule has 0 bridgehead atoms. The van der Waals surface area contributed by atoms with Crippen LogP contribution in [0.3, 0.4) is 0 Å². The van der Waals surface area contributed by atoms with E-state index in [2.05, 4.69) is 15.4 Å². The maximum absolute atomic E-state index is 12.6. The molecule has 2 amide bonds. The van der Waals surface area contributed by atoms with E-state index in [0.29, 0.717) is 5.69 Å². The number of aromatic nitrogens is 1. The topological polar surface area (TPSA) is 83.5 Å². The summed E-state index contributed by atoms with van der Waals surface area (Å²) in [5.74, 6) is -2.27. The highest BCUT2D eigenvalue weighted by atomic mass is 19.4. The highest BCUT2D eigenvalue weighted by Gasteiger charge is 2.30. The molecule has 0 radical (unpaired) electrons. The van der Waals surface area contributed by atoms with E-state index >= 15 is 0 Å². The lowest BCUT2D eigenvalue weighted by Gasteiger charge is -2.09. The van der Waals surface area contributed by atoms with Crippen molar-refractivity contribution in [3.05, 3.63) is 59.9 Å². The van der Waals surface area contributed by atoms with Gasteiger partial charge in [0.05, 0.1) is 17.5 Å². The number of amides is 2. The SMILES string of the molecule is O=C(NN=Cc1ccccn1)C(=O)Nc1cccc(C(F)(F)F)c1. The van der Waals surface area contributed by atoms with E-state index in [-0.39, 0.29) is 5.69 Å². The minimum atomic E-state index is -4.55. The Bertz CT molecular complexity index is 761. The summed E-state index contributed by atoms with van der Waals surface area (Å²) >= 11 is 0. The van der Waals surface area contributed by atoms with E-state index in [4.69, 9.17) is 0 Å². The molecule has 9 heteroatoms. The molecule has 0 unspecified atom stereocenters. The van der Waals surface area contributed by atoms with Crippen LogP contribution in [0.2, 0.25) is 0 Å². The molecule has 2 aromatic rings. The van der Waals surface area contributed by atoms with Crippen molar-refractivity contribution >= 4 is 23.7 Å². The Labute approximate surface area is 134 Å². The molecule has 2 N–H and O–H groups in total. The first-order valence-corrected chi connectivity index (χ1v) is 6.59. The third-order valence-electron chi connectivity index (χ3n) is 2.70. The molecule has 6 nitrogen and oxygen atoms in total. The van der Waals surface area contributed by atoms with Crippen LogP contribution < -0.4 is 10.7 Å². The number of hydrogen-bond donors (Lipinski definition) is 2. The number of carbonyl (C=O) groups is 2. The standard InChI is InChI=1S/C15H11F3N4O2/c16-15(17,18)10-4-3-6-11(8-10)21-13(23)14(24)22-20-9-12-5-1-2-7-19-12/h1-9H,(H,21,23)(H,22,24). The van der Waals surface area contributed by atoms with Gasteiger partial charge < -0.3 is 5.32 Å². The van der Waals surface area contributed by atoms with Crippen LogP contribution in [0.25, 0.3) is 0 Å². The van der Waals surface area contributed by atoms with Crippen molar-refractivity contribution in [3.8, 4) is 0 Å². The molecule has 1 heterocycles. The van der Waals surface area contributed by atoms with Crippen molar-refractivity contribution in [1.82, 2.24) is 10.4 Å². The average molecular weight is 336 g/mol. The van der Waals surface area contributed by atoms with E-state index < -0.39 is 23.6 Å². The number of nitrogens with zero attached hydrogens (tertiary/aromatic N) is 2. The summed E-state index contributed by atoms with van der Waals surface area (Å²) in [6.07, 6.45) is -1.81. The molecule has 0 spiro atoms. The van der Waals surface area contributed by atoms with Crippen LogP contribution in [0.15, 0.2) is 53.8 Å². The Hall–Kier alpha value is -3.23. The van der Waals surface area contributed by atoms with Crippen molar-refractivity contribution in [2.45, 2.75) is 6.18 Å². The lowest BCUT2D eigenvalue weighted by Crippen LogP contribution is -2.32. The fourth-order valence-electron chi connectivity index (χ4n) is 1.62. The van der Waals surface area contributed by atoms with Gasteiger partial charge in [-0.05, 0) is 30.3 Å². The highest BCUT2D eigenvalue weighted by molar-refractivity contribution is 6.39. The van der Waals surface area contributed by atoms with Crippen LogP contribution in [0, 0.1) is 0 Å². The Balaban J connectivity index is 1.95. The second kappa shape index (κ2) is 7.36. The second-order valence-corrected chi connectivity index (χ2v) is 4.49. The maximum Gasteiger partial charge on any atom is 0.416 e. The number of hydrazone groups is 1. The van der Waals surface area contributed by atoms with Crippen LogP contribution in [0.4, 0.5) is 18.9 Å². The fourth-order valence-corrected chi connectivity index (χ4v) is 1.62. The first-order chi connectivity index (χ1) is 11.4. The van der Waals surface area contributed by atoms with Gasteiger partial charge in [-0.15, -0.1) is 0 Å². The van der Waals surface area contributed by atoms with Gasteiger partial charge in [0, 0.05) is 11.9 Å². The van der Waals surface area contributed by atoms with E-state index in [0.717, 1.165) is 18.2 Å². The molecule has 0 atom stereocenters. The van der Waals surface area contributed by atoms with Crippen molar-refractivity contribution in [2.24, 2.45) is 5.10 Å². The minimum absolute atomic E-state index is 0.154. The van der Waals surface area contributed by atoms with Gasteiger partial charge in [0.15, 0.2) is 0 Å². The lowest BCUT2D eigenvalue weighted by atomic mass is 10.2. The molecule has 0 aliphatic rings. The monoisotopic (exact) mass is 336 g/mol. The molecule has 24 heavy (non-hydrogen) atoms. The van der Waals surface area contributed by atoms with Gasteiger partial charge in [0.25, 0.3) is 0 Å². The van der Waals surface area contributed by atoms with Crippen LogP contribution >= 0.6 is 0 Å². The van der Waals surface area contributed by atoms with Crippen molar-refractivity contribution in [3.63, 3.8) is 0 Å². The molecule has 0 fully saturated rings. The Morgan fingerprint density at radius 3 is 2.54 bits per heavy atom. The quantitative estimate of drug-likeness (QED) is 0.512. The minimum Gasteiger partial charge on any atom is -0.318 e. The number of hydrogen-bond acceptors (Lipinski definition) is 4. The van der Waals surface area contributed by atoms with Gasteiger partial charge in [-0.1, -0.05) is 12.1 Å².